The number of nitrogens with zero attached hydrogens (tertiary/aromatic N) is 1. The molecule has 1 rings (SSSR count). The van der Waals surface area contributed by atoms with Crippen molar-refractivity contribution in [2.75, 3.05) is 25.4 Å². The highest BCUT2D eigenvalue weighted by Gasteiger charge is 2.44. The molecule has 0 aromatic rings. The second kappa shape index (κ2) is 14.9. The van der Waals surface area contributed by atoms with Crippen LogP contribution in [0.3, 0.4) is 0 Å². The van der Waals surface area contributed by atoms with Gasteiger partial charge in [0.2, 0.25) is 17.6 Å². The van der Waals surface area contributed by atoms with Crippen molar-refractivity contribution in [1.82, 2.24) is 26.2 Å². The lowest BCUT2D eigenvalue weighted by Crippen LogP contribution is -2.60. The number of nitrogens with one attached hydrogen (secondary N) is 4. The molecule has 0 spiro atoms. The topological polar surface area (TPSA) is 191 Å². The number of amides is 5. The molecule has 5 atom stereocenters. The van der Waals surface area contributed by atoms with Crippen molar-refractivity contribution in [2.45, 2.75) is 76.4 Å². The number of Topliss-reactive ketones (excluding diaryl/α,β-unsaturated/α-hetero) is 1. The molecule has 0 aliphatic carbocycles. The summed E-state index contributed by atoms with van der Waals surface area (Å²) in [6, 6.07) is -4.57. The van der Waals surface area contributed by atoms with E-state index in [4.69, 9.17) is 0 Å². The van der Waals surface area contributed by atoms with Gasteiger partial charge in [0.05, 0.1) is 22.6 Å². The molecule has 0 saturated carbocycles. The number of carbonyl (C=O) groups excluding carboxylic acids is 5. The first kappa shape index (κ1) is 34.8. The van der Waals surface area contributed by atoms with Crippen LogP contribution in [0.5, 0.6) is 0 Å². The zero-order valence-corrected chi connectivity index (χ0v) is 24.7. The number of aliphatic hydroxyl groups is 1. The van der Waals surface area contributed by atoms with Crippen LogP contribution in [0.1, 0.15) is 47.5 Å². The van der Waals surface area contributed by atoms with Gasteiger partial charge >= 0.3 is 6.03 Å². The molecule has 0 unspecified atom stereocenters. The molecule has 0 aromatic carbocycles. The molecule has 5 amide bonds. The summed E-state index contributed by atoms with van der Waals surface area (Å²) in [6.07, 6.45) is 2.03. The monoisotopic (exact) mass is 585 g/mol. The second-order valence-corrected chi connectivity index (χ2v) is 13.4. The van der Waals surface area contributed by atoms with Crippen LogP contribution in [0, 0.1) is 5.92 Å². The Kier molecular flexibility index (Phi) is 13.0. The predicted molar refractivity (Wildman–Crippen MR) is 150 cm³/mol. The van der Waals surface area contributed by atoms with E-state index in [-0.39, 0.29) is 31.8 Å². The van der Waals surface area contributed by atoms with Gasteiger partial charge in [0, 0.05) is 25.6 Å². The Labute approximate surface area is 236 Å². The molecule has 5 N–H and O–H groups in total. The van der Waals surface area contributed by atoms with Gasteiger partial charge in [-0.05, 0) is 40.5 Å². The lowest BCUT2D eigenvalue weighted by molar-refractivity contribution is -0.144. The quantitative estimate of drug-likeness (QED) is 0.132. The standard InChI is InChI=1S/C26H43N5O8S/c1-8-12-27-23(35)21(33)18(10-3)29-22(34)20-17(9-2)11-14-31(20)24(36)19(16(4)32)30-25(37)28-13-15-40(38,39)26(5,6)7/h8-9,16-20,32H,1-2,10-15H2,3-7H3,(H,27,35)(H,29,34)(H2,28,30,37)/t16-,17-,18-,19-,20-/m0/s1. The van der Waals surface area contributed by atoms with Gasteiger partial charge in [-0.25, -0.2) is 13.2 Å². The van der Waals surface area contributed by atoms with E-state index >= 15 is 0 Å². The number of urea groups is 1. The van der Waals surface area contributed by atoms with Crippen LogP contribution in [0.4, 0.5) is 4.79 Å². The number of rotatable bonds is 14. The lowest BCUT2D eigenvalue weighted by atomic mass is 9.98. The van der Waals surface area contributed by atoms with Crippen LogP contribution in [0.15, 0.2) is 25.3 Å². The molecule has 40 heavy (non-hydrogen) atoms. The van der Waals surface area contributed by atoms with Gasteiger partial charge in [0.1, 0.15) is 12.1 Å². The molecule has 226 valence electrons. The Morgan fingerprint density at radius 3 is 2.23 bits per heavy atom. The average Bonchev–Trinajstić information content (AvgIpc) is 3.31. The summed E-state index contributed by atoms with van der Waals surface area (Å²) < 4.78 is 23.5. The van der Waals surface area contributed by atoms with Crippen molar-refractivity contribution >= 4 is 39.4 Å². The first-order valence-electron chi connectivity index (χ1n) is 13.1. The molecule has 1 heterocycles. The summed E-state index contributed by atoms with van der Waals surface area (Å²) in [6.45, 7) is 14.7. The van der Waals surface area contributed by atoms with E-state index in [0.29, 0.717) is 6.42 Å². The van der Waals surface area contributed by atoms with E-state index in [0.717, 1.165) is 0 Å². The summed E-state index contributed by atoms with van der Waals surface area (Å²) in [7, 11) is -3.50. The zero-order valence-electron chi connectivity index (χ0n) is 23.9. The minimum absolute atomic E-state index is 0.0755. The number of ketones is 1. The molecule has 14 heteroatoms. The van der Waals surface area contributed by atoms with Crippen molar-refractivity contribution < 1.29 is 37.5 Å². The van der Waals surface area contributed by atoms with E-state index in [1.165, 1.54) is 24.0 Å². The van der Waals surface area contributed by atoms with Crippen LogP contribution < -0.4 is 21.3 Å². The highest BCUT2D eigenvalue weighted by atomic mass is 32.2. The molecule has 1 aliphatic rings. The van der Waals surface area contributed by atoms with Crippen LogP contribution in [0.25, 0.3) is 0 Å². The Morgan fingerprint density at radius 2 is 1.73 bits per heavy atom. The second-order valence-electron chi connectivity index (χ2n) is 10.5. The van der Waals surface area contributed by atoms with Crippen molar-refractivity contribution in [2.24, 2.45) is 5.92 Å². The normalized spacial score (nSPS) is 19.5. The number of hydrogen-bond acceptors (Lipinski definition) is 8. The molecule has 1 fully saturated rings. The minimum atomic E-state index is -3.50. The summed E-state index contributed by atoms with van der Waals surface area (Å²) >= 11 is 0. The molecule has 0 bridgehead atoms. The van der Waals surface area contributed by atoms with Crippen LogP contribution in [-0.4, -0.2) is 102 Å². The fraction of sp³-hybridized carbons (Fsp3) is 0.654. The average molecular weight is 586 g/mol. The molecule has 13 nitrogen and oxygen atoms in total. The van der Waals surface area contributed by atoms with Gasteiger partial charge in [-0.2, -0.15) is 0 Å². The van der Waals surface area contributed by atoms with E-state index in [9.17, 15) is 37.5 Å². The fourth-order valence-electron chi connectivity index (χ4n) is 4.03. The maximum Gasteiger partial charge on any atom is 0.315 e. The largest absolute Gasteiger partial charge is 0.391 e. The van der Waals surface area contributed by atoms with Gasteiger partial charge in [0.25, 0.3) is 5.91 Å². The first-order chi connectivity index (χ1) is 18.5. The highest BCUT2D eigenvalue weighted by molar-refractivity contribution is 7.92. The number of likely N-dealkylation sites (tertiary alicyclic amines) is 1. The number of carbonyl (C=O) groups is 5. The smallest absolute Gasteiger partial charge is 0.315 e. The molecule has 1 aliphatic heterocycles. The van der Waals surface area contributed by atoms with Crippen LogP contribution >= 0.6 is 0 Å². The van der Waals surface area contributed by atoms with E-state index in [2.05, 4.69) is 34.4 Å². The van der Waals surface area contributed by atoms with E-state index in [1.54, 1.807) is 27.7 Å². The van der Waals surface area contributed by atoms with E-state index < -0.39 is 74.3 Å². The summed E-state index contributed by atoms with van der Waals surface area (Å²) in [5.74, 6) is -3.98. The molecular formula is C26H43N5O8S. The number of hydrogen-bond donors (Lipinski definition) is 5. The molecular weight excluding hydrogens is 542 g/mol. The van der Waals surface area contributed by atoms with Crippen molar-refractivity contribution in [1.29, 1.82) is 0 Å². The van der Waals surface area contributed by atoms with E-state index in [1.807, 2.05) is 0 Å². The fourth-order valence-corrected chi connectivity index (χ4v) is 5.01. The summed E-state index contributed by atoms with van der Waals surface area (Å²) in [5, 5.41) is 19.9. The Hall–Kier alpha value is -3.26. The number of sulfone groups is 1. The van der Waals surface area contributed by atoms with Crippen LogP contribution in [-0.2, 0) is 29.0 Å². The Balaban J connectivity index is 3.01. The van der Waals surface area contributed by atoms with Crippen molar-refractivity contribution in [3.05, 3.63) is 25.3 Å². The van der Waals surface area contributed by atoms with Gasteiger partial charge in [0.15, 0.2) is 9.84 Å². The van der Waals surface area contributed by atoms with Crippen molar-refractivity contribution in [3.63, 3.8) is 0 Å². The van der Waals surface area contributed by atoms with Gasteiger partial charge in [-0.1, -0.05) is 19.1 Å². The number of aliphatic hydroxyl groups excluding tert-OH is 1. The highest BCUT2D eigenvalue weighted by Crippen LogP contribution is 2.27. The zero-order chi connectivity index (χ0) is 30.8. The first-order valence-corrected chi connectivity index (χ1v) is 14.8. The van der Waals surface area contributed by atoms with Gasteiger partial charge in [-0.3, -0.25) is 19.2 Å². The molecule has 0 aromatic heterocycles. The van der Waals surface area contributed by atoms with Crippen molar-refractivity contribution in [3.8, 4) is 0 Å². The Bertz CT molecular complexity index is 1080. The molecule has 1 saturated heterocycles. The third kappa shape index (κ3) is 9.15. The van der Waals surface area contributed by atoms with Crippen LogP contribution in [0.2, 0.25) is 0 Å². The minimum Gasteiger partial charge on any atom is -0.391 e. The van der Waals surface area contributed by atoms with Gasteiger partial charge in [-0.15, -0.1) is 13.2 Å². The third-order valence-electron chi connectivity index (χ3n) is 6.60. The maximum absolute atomic E-state index is 13.5. The molecule has 0 radical (unpaired) electrons. The Morgan fingerprint density at radius 1 is 1.10 bits per heavy atom. The third-order valence-corrected chi connectivity index (χ3v) is 9.20. The maximum atomic E-state index is 13.5. The summed E-state index contributed by atoms with van der Waals surface area (Å²) in [4.78, 5) is 65.0. The lowest BCUT2D eigenvalue weighted by Gasteiger charge is -2.32. The summed E-state index contributed by atoms with van der Waals surface area (Å²) in [5.41, 5.74) is 0. The van der Waals surface area contributed by atoms with Gasteiger partial charge < -0.3 is 31.3 Å². The predicted octanol–water partition coefficient (Wildman–Crippen LogP) is -0.582. The SMILES string of the molecule is C=CCNC(=O)C(=O)[C@H](CC)NC(=O)[C@@H]1[C@@H](C=C)CCN1C(=O)[C@@H](NC(=O)NCCS(=O)(=O)C(C)(C)C)[C@H](C)O.